The van der Waals surface area contributed by atoms with Crippen LogP contribution in [0.3, 0.4) is 0 Å². The number of benzene rings is 3. The maximum Gasteiger partial charge on any atom is 0.236 e. The number of thioether (sulfide) groups is 1. The predicted octanol–water partition coefficient (Wildman–Crippen LogP) is 7.58. The van der Waals surface area contributed by atoms with Crippen molar-refractivity contribution in [3.8, 4) is 11.4 Å². The number of para-hydroxylation sites is 1. The SMILES string of the molecule is O=C(CSc1nnc(COc2ccc(Cl)cc2)n1-c1ccccc1)Nc1ncc(Cc2ccc(Cl)c(Cl)c2)s1. The van der Waals surface area contributed by atoms with Gasteiger partial charge in [-0.1, -0.05) is 70.8 Å². The molecule has 0 bridgehead atoms. The molecule has 2 heterocycles. The van der Waals surface area contributed by atoms with Gasteiger partial charge in [0.1, 0.15) is 12.4 Å². The number of carbonyl (C=O) groups is 1. The summed E-state index contributed by atoms with van der Waals surface area (Å²) in [6, 6.07) is 22.3. The summed E-state index contributed by atoms with van der Waals surface area (Å²) in [6.45, 7) is 0.191. The number of hydrogen-bond donors (Lipinski definition) is 1. The standard InChI is InChI=1S/C27H20Cl3N5O2S2/c28-18-7-9-20(10-8-18)37-15-24-33-34-27(35(24)19-4-2-1-3-5-19)38-16-25(36)32-26-31-14-21(39-26)12-17-6-11-22(29)23(30)13-17/h1-11,13-14H,12,15-16H2,(H,31,32,36). The van der Waals surface area contributed by atoms with Gasteiger partial charge in [-0.25, -0.2) is 4.98 Å². The van der Waals surface area contributed by atoms with Crippen molar-refractivity contribution in [2.24, 2.45) is 0 Å². The van der Waals surface area contributed by atoms with Crippen molar-refractivity contribution in [3.63, 3.8) is 0 Å². The molecule has 0 saturated carbocycles. The van der Waals surface area contributed by atoms with Gasteiger partial charge in [-0.3, -0.25) is 9.36 Å². The van der Waals surface area contributed by atoms with Crippen LogP contribution in [0.25, 0.3) is 5.69 Å². The average molecular weight is 617 g/mol. The molecule has 0 radical (unpaired) electrons. The van der Waals surface area contributed by atoms with E-state index in [0.717, 1.165) is 16.1 Å². The van der Waals surface area contributed by atoms with E-state index in [2.05, 4.69) is 20.5 Å². The highest BCUT2D eigenvalue weighted by Gasteiger charge is 2.17. The minimum atomic E-state index is -0.197. The van der Waals surface area contributed by atoms with Gasteiger partial charge in [-0.15, -0.1) is 21.5 Å². The topological polar surface area (TPSA) is 81.9 Å². The first kappa shape index (κ1) is 27.5. The summed E-state index contributed by atoms with van der Waals surface area (Å²) in [5.74, 6) is 1.20. The van der Waals surface area contributed by atoms with Crippen molar-refractivity contribution in [1.29, 1.82) is 0 Å². The molecule has 2 aromatic heterocycles. The molecule has 1 amide bonds. The van der Waals surface area contributed by atoms with Crippen LogP contribution in [0.4, 0.5) is 5.13 Å². The zero-order chi connectivity index (χ0) is 27.2. The molecule has 12 heteroatoms. The molecule has 5 aromatic rings. The van der Waals surface area contributed by atoms with E-state index in [-0.39, 0.29) is 18.3 Å². The van der Waals surface area contributed by atoms with Crippen LogP contribution in [-0.2, 0) is 17.8 Å². The first-order valence-corrected chi connectivity index (χ1v) is 14.6. The molecule has 198 valence electrons. The van der Waals surface area contributed by atoms with Crippen LogP contribution in [-0.4, -0.2) is 31.4 Å². The average Bonchev–Trinajstić information content (AvgIpc) is 3.56. The fourth-order valence-electron chi connectivity index (χ4n) is 3.59. The molecular weight excluding hydrogens is 597 g/mol. The molecule has 0 saturated heterocycles. The molecule has 0 aliphatic carbocycles. The number of nitrogens with one attached hydrogen (secondary N) is 1. The maximum atomic E-state index is 12.7. The van der Waals surface area contributed by atoms with E-state index in [4.69, 9.17) is 39.5 Å². The van der Waals surface area contributed by atoms with E-state index < -0.39 is 0 Å². The second-order valence-corrected chi connectivity index (χ2v) is 11.5. The van der Waals surface area contributed by atoms with Crippen LogP contribution in [0.15, 0.2) is 84.1 Å². The molecule has 0 aliphatic rings. The summed E-state index contributed by atoms with van der Waals surface area (Å²) >= 11 is 20.8. The van der Waals surface area contributed by atoms with Crippen LogP contribution in [0.5, 0.6) is 5.75 Å². The minimum Gasteiger partial charge on any atom is -0.486 e. The van der Waals surface area contributed by atoms with Crippen LogP contribution < -0.4 is 10.1 Å². The van der Waals surface area contributed by atoms with Gasteiger partial charge in [-0.2, -0.15) is 0 Å². The van der Waals surface area contributed by atoms with E-state index in [1.165, 1.54) is 23.1 Å². The summed E-state index contributed by atoms with van der Waals surface area (Å²) in [6.07, 6.45) is 2.38. The number of nitrogens with zero attached hydrogens (tertiary/aromatic N) is 4. The predicted molar refractivity (Wildman–Crippen MR) is 158 cm³/mol. The number of anilines is 1. The van der Waals surface area contributed by atoms with Gasteiger partial charge in [0.2, 0.25) is 5.91 Å². The number of hydrogen-bond acceptors (Lipinski definition) is 7. The highest BCUT2D eigenvalue weighted by molar-refractivity contribution is 7.99. The summed E-state index contributed by atoms with van der Waals surface area (Å²) in [7, 11) is 0. The summed E-state index contributed by atoms with van der Waals surface area (Å²) in [5, 5.41) is 14.3. The summed E-state index contributed by atoms with van der Waals surface area (Å²) < 4.78 is 7.77. The van der Waals surface area contributed by atoms with Crippen molar-refractivity contribution in [1.82, 2.24) is 19.7 Å². The van der Waals surface area contributed by atoms with Crippen molar-refractivity contribution >= 4 is 68.9 Å². The molecular formula is C27H20Cl3N5O2S2. The van der Waals surface area contributed by atoms with Gasteiger partial charge >= 0.3 is 0 Å². The Balaban J connectivity index is 1.23. The van der Waals surface area contributed by atoms with E-state index in [0.29, 0.717) is 43.4 Å². The van der Waals surface area contributed by atoms with Gasteiger partial charge in [0.05, 0.1) is 15.8 Å². The molecule has 0 unspecified atom stereocenters. The second-order valence-electron chi connectivity index (χ2n) is 8.21. The van der Waals surface area contributed by atoms with E-state index in [1.807, 2.05) is 47.0 Å². The molecule has 5 rings (SSSR count). The minimum absolute atomic E-state index is 0.130. The molecule has 0 atom stereocenters. The van der Waals surface area contributed by atoms with Crippen molar-refractivity contribution in [2.75, 3.05) is 11.1 Å². The molecule has 39 heavy (non-hydrogen) atoms. The summed E-state index contributed by atoms with van der Waals surface area (Å²) in [5.41, 5.74) is 1.88. The normalized spacial score (nSPS) is 10.9. The highest BCUT2D eigenvalue weighted by Crippen LogP contribution is 2.27. The third kappa shape index (κ3) is 7.32. The van der Waals surface area contributed by atoms with Gasteiger partial charge in [0, 0.05) is 28.2 Å². The van der Waals surface area contributed by atoms with Crippen LogP contribution in [0.2, 0.25) is 15.1 Å². The van der Waals surface area contributed by atoms with Gasteiger partial charge < -0.3 is 10.1 Å². The van der Waals surface area contributed by atoms with Gasteiger partial charge in [0.15, 0.2) is 16.1 Å². The largest absolute Gasteiger partial charge is 0.486 e. The Kier molecular flexibility index (Phi) is 9.06. The Morgan fingerprint density at radius 1 is 0.974 bits per heavy atom. The molecule has 0 aliphatic heterocycles. The van der Waals surface area contributed by atoms with E-state index in [1.54, 1.807) is 36.5 Å². The van der Waals surface area contributed by atoms with Crippen molar-refractivity contribution in [3.05, 3.63) is 110 Å². The lowest BCUT2D eigenvalue weighted by Gasteiger charge is -2.11. The van der Waals surface area contributed by atoms with Crippen LogP contribution in [0, 0.1) is 0 Å². The van der Waals surface area contributed by atoms with Gasteiger partial charge in [-0.05, 0) is 54.1 Å². The van der Waals surface area contributed by atoms with Crippen LogP contribution in [0.1, 0.15) is 16.3 Å². The first-order valence-electron chi connectivity index (χ1n) is 11.6. The number of thiazole rings is 1. The Morgan fingerprint density at radius 2 is 1.77 bits per heavy atom. The third-order valence-corrected chi connectivity index (χ3v) is 8.22. The monoisotopic (exact) mass is 615 g/mol. The molecule has 0 spiro atoms. The Hall–Kier alpha value is -3.08. The molecule has 3 aromatic carbocycles. The Labute approximate surface area is 248 Å². The fourth-order valence-corrected chi connectivity index (χ4v) is 5.67. The quantitative estimate of drug-likeness (QED) is 0.163. The Morgan fingerprint density at radius 3 is 2.54 bits per heavy atom. The molecule has 0 fully saturated rings. The second kappa shape index (κ2) is 12.8. The zero-order valence-corrected chi connectivity index (χ0v) is 24.1. The summed E-state index contributed by atoms with van der Waals surface area (Å²) in [4.78, 5) is 18.1. The maximum absolute atomic E-state index is 12.7. The third-order valence-electron chi connectivity index (χ3n) is 5.39. The Bertz CT molecular complexity index is 1580. The number of rotatable bonds is 10. The number of carbonyl (C=O) groups excluding carboxylic acids is 1. The zero-order valence-electron chi connectivity index (χ0n) is 20.2. The highest BCUT2D eigenvalue weighted by atomic mass is 35.5. The number of halogens is 3. The lowest BCUT2D eigenvalue weighted by Crippen LogP contribution is -2.14. The van der Waals surface area contributed by atoms with E-state index in [9.17, 15) is 4.79 Å². The van der Waals surface area contributed by atoms with Crippen LogP contribution >= 0.6 is 57.9 Å². The lowest BCUT2D eigenvalue weighted by atomic mass is 10.1. The number of amides is 1. The van der Waals surface area contributed by atoms with Crippen molar-refractivity contribution in [2.45, 2.75) is 18.2 Å². The number of ether oxygens (including phenoxy) is 1. The fraction of sp³-hybridized carbons (Fsp3) is 0.111. The van der Waals surface area contributed by atoms with Gasteiger partial charge in [0.25, 0.3) is 0 Å². The molecule has 1 N–H and O–H groups in total. The lowest BCUT2D eigenvalue weighted by molar-refractivity contribution is -0.113. The molecule has 7 nitrogen and oxygen atoms in total. The van der Waals surface area contributed by atoms with E-state index >= 15 is 0 Å². The number of aromatic nitrogens is 4. The first-order chi connectivity index (χ1) is 18.9. The smallest absolute Gasteiger partial charge is 0.236 e. The van der Waals surface area contributed by atoms with Crippen molar-refractivity contribution < 1.29 is 9.53 Å².